The number of benzene rings is 3. The lowest BCUT2D eigenvalue weighted by Gasteiger charge is -2.29. The van der Waals surface area contributed by atoms with Crippen LogP contribution in [0.25, 0.3) is 0 Å². The molecule has 3 rings (SSSR count). The minimum Gasteiger partial charge on any atom is -0.550 e. The number of hydrogen-bond donors (Lipinski definition) is 0. The van der Waals surface area contributed by atoms with Crippen molar-refractivity contribution in [3.05, 3.63) is 91.0 Å². The van der Waals surface area contributed by atoms with Crippen molar-refractivity contribution in [2.24, 2.45) is 0 Å². The highest BCUT2D eigenvalue weighted by atomic mass is 31.2. The van der Waals surface area contributed by atoms with E-state index in [1.54, 1.807) is 0 Å². The van der Waals surface area contributed by atoms with Crippen LogP contribution in [0, 0.1) is 0 Å². The molecule has 0 N–H and O–H groups in total. The van der Waals surface area contributed by atoms with Gasteiger partial charge in [0.25, 0.3) is 0 Å². The molecule has 27 heavy (non-hydrogen) atoms. The predicted molar refractivity (Wildman–Crippen MR) is 115 cm³/mol. The van der Waals surface area contributed by atoms with E-state index in [0.29, 0.717) is 6.42 Å². The first-order chi connectivity index (χ1) is 13.2. The molecule has 3 heteroatoms. The van der Waals surface area contributed by atoms with E-state index in [-0.39, 0.29) is 6.42 Å². The van der Waals surface area contributed by atoms with Crippen LogP contribution in [-0.2, 0) is 4.79 Å². The summed E-state index contributed by atoms with van der Waals surface area (Å²) in [4.78, 5) is 10.7. The standard InChI is InChI=1S/C24H25O2P/c25-24(26)19-11-4-12-20-27(21-13-5-1-6-14-21,22-15-7-2-8-16-22)23-17-9-3-10-18-23/h1-3,5-10,13-18,20H,4,11-12,19H2,(H,25,26)/p-1. The third-order valence-corrected chi connectivity index (χ3v) is 8.87. The molecule has 3 aromatic rings. The van der Waals surface area contributed by atoms with Crippen LogP contribution < -0.4 is 21.0 Å². The van der Waals surface area contributed by atoms with E-state index < -0.39 is 12.9 Å². The Labute approximate surface area is 161 Å². The number of rotatable bonds is 8. The Balaban J connectivity index is 2.13. The fourth-order valence-corrected chi connectivity index (χ4v) is 7.48. The summed E-state index contributed by atoms with van der Waals surface area (Å²) in [5.41, 5.74) is 0. The fourth-order valence-electron chi connectivity index (χ4n) is 3.45. The molecule has 0 amide bonds. The average Bonchev–Trinajstić information content (AvgIpc) is 2.73. The van der Waals surface area contributed by atoms with E-state index in [4.69, 9.17) is 0 Å². The Kier molecular flexibility index (Phi) is 6.68. The summed E-state index contributed by atoms with van der Waals surface area (Å²) in [7, 11) is 0. The molecule has 138 valence electrons. The maximum Gasteiger partial charge on any atom is 0.0414 e. The summed E-state index contributed by atoms with van der Waals surface area (Å²) in [6.45, 7) is -1.91. The normalized spacial score (nSPS) is 11.1. The Hall–Kier alpha value is -2.57. The molecule has 0 saturated heterocycles. The van der Waals surface area contributed by atoms with Gasteiger partial charge in [0.1, 0.15) is 0 Å². The maximum atomic E-state index is 10.7. The van der Waals surface area contributed by atoms with Gasteiger partial charge >= 0.3 is 0 Å². The van der Waals surface area contributed by atoms with Crippen LogP contribution in [0.2, 0.25) is 0 Å². The van der Waals surface area contributed by atoms with Crippen LogP contribution in [0.1, 0.15) is 25.7 Å². The number of carbonyl (C=O) groups excluding carboxylic acids is 1. The molecule has 0 aliphatic carbocycles. The van der Waals surface area contributed by atoms with Crippen molar-refractivity contribution < 1.29 is 9.90 Å². The summed E-state index contributed by atoms with van der Waals surface area (Å²) in [5, 5.41) is 14.7. The number of carboxylic acid groups (broad SMARTS) is 1. The van der Waals surface area contributed by atoms with Crippen molar-refractivity contribution in [2.75, 3.05) is 0 Å². The summed E-state index contributed by atoms with van der Waals surface area (Å²) in [6.07, 6.45) is 2.50. The van der Waals surface area contributed by atoms with Crippen LogP contribution in [0.15, 0.2) is 91.0 Å². The van der Waals surface area contributed by atoms with Crippen LogP contribution in [0.4, 0.5) is 0 Å². The first kappa shape index (κ1) is 19.2. The predicted octanol–water partition coefficient (Wildman–Crippen LogP) is 3.09. The molecule has 2 nitrogen and oxygen atoms in total. The largest absolute Gasteiger partial charge is 0.550 e. The number of aliphatic carboxylic acids is 1. The van der Waals surface area contributed by atoms with Crippen molar-refractivity contribution >= 4 is 34.6 Å². The van der Waals surface area contributed by atoms with Crippen molar-refractivity contribution in [3.63, 3.8) is 0 Å². The average molecular weight is 375 g/mol. The third-order valence-electron chi connectivity index (χ3n) is 4.73. The minimum absolute atomic E-state index is 0.126. The SMILES string of the molecule is O=C([O-])CCCCC=P(c1ccccc1)(c1ccccc1)c1ccccc1. The lowest BCUT2D eigenvalue weighted by Crippen LogP contribution is -2.27. The van der Waals surface area contributed by atoms with E-state index in [9.17, 15) is 9.90 Å². The highest BCUT2D eigenvalue weighted by Crippen LogP contribution is 2.44. The highest BCUT2D eigenvalue weighted by Gasteiger charge is 2.24. The lowest BCUT2D eigenvalue weighted by atomic mass is 10.2. The van der Waals surface area contributed by atoms with Gasteiger partial charge < -0.3 is 9.90 Å². The number of hydrogen-bond acceptors (Lipinski definition) is 2. The van der Waals surface area contributed by atoms with Gasteiger partial charge in [-0.25, -0.2) is 0 Å². The first-order valence-electron chi connectivity index (χ1n) is 9.33. The van der Waals surface area contributed by atoms with E-state index in [2.05, 4.69) is 78.6 Å². The number of carboxylic acids is 1. The van der Waals surface area contributed by atoms with Gasteiger partial charge in [-0.15, -0.1) is 0 Å². The third kappa shape index (κ3) is 4.59. The monoisotopic (exact) mass is 375 g/mol. The van der Waals surface area contributed by atoms with Gasteiger partial charge in [0.15, 0.2) is 0 Å². The molecule has 0 atom stereocenters. The summed E-state index contributed by atoms with van der Waals surface area (Å²) in [6, 6.07) is 32.0. The molecule has 0 unspecified atom stereocenters. The second kappa shape index (κ2) is 9.39. The van der Waals surface area contributed by atoms with Crippen molar-refractivity contribution in [1.29, 1.82) is 0 Å². The topological polar surface area (TPSA) is 40.1 Å². The van der Waals surface area contributed by atoms with E-state index in [1.165, 1.54) is 15.9 Å². The molecule has 0 saturated carbocycles. The smallest absolute Gasteiger partial charge is 0.0414 e. The molecular formula is C24H24O2P-. The summed E-state index contributed by atoms with van der Waals surface area (Å²) >= 11 is 0. The van der Waals surface area contributed by atoms with Crippen molar-refractivity contribution in [3.8, 4) is 0 Å². The van der Waals surface area contributed by atoms with Crippen LogP contribution in [0.5, 0.6) is 0 Å². The number of carbonyl (C=O) groups is 1. The zero-order valence-corrected chi connectivity index (χ0v) is 16.2. The molecule has 0 fully saturated rings. The van der Waals surface area contributed by atoms with Gasteiger partial charge in [0.05, 0.1) is 0 Å². The Morgan fingerprint density at radius 1 is 0.704 bits per heavy atom. The molecule has 0 bridgehead atoms. The van der Waals surface area contributed by atoms with Crippen LogP contribution in [-0.4, -0.2) is 11.8 Å². The Morgan fingerprint density at radius 3 is 1.48 bits per heavy atom. The van der Waals surface area contributed by atoms with Gasteiger partial charge in [-0.3, -0.25) is 0 Å². The quantitative estimate of drug-likeness (QED) is 0.448. The van der Waals surface area contributed by atoms with Crippen LogP contribution in [0.3, 0.4) is 0 Å². The first-order valence-corrected chi connectivity index (χ1v) is 11.2. The summed E-state index contributed by atoms with van der Waals surface area (Å²) in [5.74, 6) is 1.48. The van der Waals surface area contributed by atoms with Crippen molar-refractivity contribution in [2.45, 2.75) is 25.7 Å². The molecular weight excluding hydrogens is 351 g/mol. The fraction of sp³-hybridized carbons (Fsp3) is 0.167. The van der Waals surface area contributed by atoms with Gasteiger partial charge in [0.2, 0.25) is 0 Å². The van der Waals surface area contributed by atoms with Gasteiger partial charge in [-0.05, 0) is 48.5 Å². The second-order valence-electron chi connectivity index (χ2n) is 6.53. The maximum absolute atomic E-state index is 10.7. The van der Waals surface area contributed by atoms with E-state index in [1.807, 2.05) is 18.2 Å². The Morgan fingerprint density at radius 2 is 1.11 bits per heavy atom. The molecule has 0 aliphatic rings. The van der Waals surface area contributed by atoms with E-state index >= 15 is 0 Å². The van der Waals surface area contributed by atoms with Gasteiger partial charge in [-0.2, -0.15) is 0 Å². The molecule has 0 heterocycles. The molecule has 0 spiro atoms. The van der Waals surface area contributed by atoms with Crippen molar-refractivity contribution in [1.82, 2.24) is 0 Å². The highest BCUT2D eigenvalue weighted by molar-refractivity contribution is 7.94. The van der Waals surface area contributed by atoms with Gasteiger partial charge in [-0.1, -0.05) is 96.8 Å². The zero-order chi connectivity index (χ0) is 19.0. The zero-order valence-electron chi connectivity index (χ0n) is 15.3. The Bertz CT molecular complexity index is 799. The molecule has 0 aromatic heterocycles. The van der Waals surface area contributed by atoms with Gasteiger partial charge in [0, 0.05) is 5.97 Å². The summed E-state index contributed by atoms with van der Waals surface area (Å²) < 4.78 is 0. The van der Waals surface area contributed by atoms with Crippen LogP contribution >= 0.6 is 6.89 Å². The number of unbranched alkanes of at least 4 members (excludes halogenated alkanes) is 2. The lowest BCUT2D eigenvalue weighted by molar-refractivity contribution is -0.305. The minimum atomic E-state index is -1.91. The molecule has 3 aromatic carbocycles. The molecule has 0 aliphatic heterocycles. The molecule has 0 radical (unpaired) electrons. The second-order valence-corrected chi connectivity index (χ2v) is 9.89. The van der Waals surface area contributed by atoms with E-state index in [0.717, 1.165) is 12.8 Å².